The second-order valence-corrected chi connectivity index (χ2v) is 7.52. The van der Waals surface area contributed by atoms with Crippen LogP contribution in [0.5, 0.6) is 0 Å². The fourth-order valence-corrected chi connectivity index (χ4v) is 3.61. The van der Waals surface area contributed by atoms with Gasteiger partial charge in [-0.15, -0.1) is 10.2 Å². The lowest BCUT2D eigenvalue weighted by Crippen LogP contribution is -2.32. The van der Waals surface area contributed by atoms with Crippen LogP contribution in [0.2, 0.25) is 0 Å². The normalized spacial score (nSPS) is 14.9. The number of carbonyl (C=O) groups excluding carboxylic acids is 1. The van der Waals surface area contributed by atoms with Crippen molar-refractivity contribution in [1.29, 1.82) is 0 Å². The summed E-state index contributed by atoms with van der Waals surface area (Å²) >= 11 is 1.28. The van der Waals surface area contributed by atoms with E-state index in [4.69, 9.17) is 5.84 Å². The maximum absolute atomic E-state index is 12.6. The highest BCUT2D eigenvalue weighted by Gasteiger charge is 2.30. The Morgan fingerprint density at radius 2 is 2.11 bits per heavy atom. The van der Waals surface area contributed by atoms with Gasteiger partial charge in [0.1, 0.15) is 11.9 Å². The van der Waals surface area contributed by atoms with Gasteiger partial charge in [-0.25, -0.2) is 9.66 Å². The van der Waals surface area contributed by atoms with Crippen LogP contribution in [-0.4, -0.2) is 36.1 Å². The summed E-state index contributed by atoms with van der Waals surface area (Å²) < 4.78 is 3.41. The summed E-state index contributed by atoms with van der Waals surface area (Å²) in [6.07, 6.45) is 5.79. The van der Waals surface area contributed by atoms with Crippen molar-refractivity contribution in [2.45, 2.75) is 30.0 Å². The van der Waals surface area contributed by atoms with Crippen LogP contribution in [0.25, 0.3) is 0 Å². The van der Waals surface area contributed by atoms with Crippen molar-refractivity contribution < 1.29 is 4.79 Å². The third-order valence-corrected chi connectivity index (χ3v) is 5.46. The molecule has 4 rings (SSSR count). The molecule has 1 unspecified atom stereocenters. The quantitative estimate of drug-likeness (QED) is 0.474. The minimum Gasteiger partial charge on any atom is -0.341 e. The van der Waals surface area contributed by atoms with Gasteiger partial charge in [-0.05, 0) is 18.4 Å². The largest absolute Gasteiger partial charge is 0.341 e. The number of benzene rings is 1. The number of amides is 1. The third-order valence-electron chi connectivity index (χ3n) is 4.52. The number of nitrogen functional groups attached to an aromatic ring is 1. The SMILES string of the molecule is Cn1ccnc1C(NC(=O)CSc1nnc(C2CC2)n1N)c1ccccc1. The maximum Gasteiger partial charge on any atom is 0.231 e. The van der Waals surface area contributed by atoms with E-state index in [1.165, 1.54) is 16.4 Å². The number of imidazole rings is 1. The van der Waals surface area contributed by atoms with E-state index in [1.807, 2.05) is 48.1 Å². The number of rotatable bonds is 7. The van der Waals surface area contributed by atoms with Gasteiger partial charge in [-0.1, -0.05) is 42.1 Å². The Morgan fingerprint density at radius 3 is 2.78 bits per heavy atom. The molecule has 2 aromatic heterocycles. The summed E-state index contributed by atoms with van der Waals surface area (Å²) in [6.45, 7) is 0. The van der Waals surface area contributed by atoms with Crippen molar-refractivity contribution in [3.63, 3.8) is 0 Å². The zero-order valence-corrected chi connectivity index (χ0v) is 15.8. The van der Waals surface area contributed by atoms with Crippen LogP contribution in [0.15, 0.2) is 47.9 Å². The highest BCUT2D eigenvalue weighted by molar-refractivity contribution is 7.99. The van der Waals surface area contributed by atoms with E-state index in [0.717, 1.165) is 30.1 Å². The van der Waals surface area contributed by atoms with Gasteiger partial charge in [0.25, 0.3) is 0 Å². The number of aromatic nitrogens is 5. The zero-order chi connectivity index (χ0) is 18.8. The molecule has 1 atom stereocenters. The van der Waals surface area contributed by atoms with E-state index < -0.39 is 0 Å². The van der Waals surface area contributed by atoms with Crippen molar-refractivity contribution in [2.24, 2.45) is 7.05 Å². The molecular formula is C18H21N7OS. The Labute approximate surface area is 161 Å². The average Bonchev–Trinajstić information content (AvgIpc) is 3.33. The van der Waals surface area contributed by atoms with Gasteiger partial charge in [-0.2, -0.15) is 0 Å². The number of hydrogen-bond donors (Lipinski definition) is 2. The molecule has 140 valence electrons. The molecule has 1 aliphatic carbocycles. The first-order valence-corrected chi connectivity index (χ1v) is 9.76. The Morgan fingerprint density at radius 1 is 1.33 bits per heavy atom. The van der Waals surface area contributed by atoms with Crippen LogP contribution >= 0.6 is 11.8 Å². The van der Waals surface area contributed by atoms with Gasteiger partial charge in [0.05, 0.1) is 5.75 Å². The molecule has 3 N–H and O–H groups in total. The number of nitrogens with zero attached hydrogens (tertiary/aromatic N) is 5. The number of carbonyl (C=O) groups is 1. The second-order valence-electron chi connectivity index (χ2n) is 6.58. The van der Waals surface area contributed by atoms with Gasteiger partial charge in [0, 0.05) is 25.4 Å². The standard InChI is InChI=1S/C18H21N7OS/c1-24-10-9-20-17(24)15(12-5-3-2-4-6-12)21-14(26)11-27-18-23-22-16(25(18)19)13-7-8-13/h2-6,9-10,13,15H,7-8,11,19H2,1H3,(H,21,26). The van der Waals surface area contributed by atoms with Crippen molar-refractivity contribution in [2.75, 3.05) is 11.6 Å². The Bertz CT molecular complexity index is 932. The molecule has 1 amide bonds. The van der Waals surface area contributed by atoms with E-state index in [0.29, 0.717) is 11.1 Å². The van der Waals surface area contributed by atoms with Crippen LogP contribution in [-0.2, 0) is 11.8 Å². The lowest BCUT2D eigenvalue weighted by Gasteiger charge is -2.19. The molecule has 1 aromatic carbocycles. The number of thioether (sulfide) groups is 1. The van der Waals surface area contributed by atoms with Crippen LogP contribution in [0.4, 0.5) is 0 Å². The molecule has 3 aromatic rings. The molecular weight excluding hydrogens is 362 g/mol. The summed E-state index contributed by atoms with van der Waals surface area (Å²) in [6, 6.07) is 9.47. The fourth-order valence-electron chi connectivity index (χ4n) is 2.94. The van der Waals surface area contributed by atoms with Crippen molar-refractivity contribution in [1.82, 2.24) is 29.7 Å². The molecule has 0 bridgehead atoms. The van der Waals surface area contributed by atoms with Crippen molar-refractivity contribution in [3.05, 3.63) is 59.9 Å². The highest BCUT2D eigenvalue weighted by atomic mass is 32.2. The van der Waals surface area contributed by atoms with Gasteiger partial charge in [-0.3, -0.25) is 4.79 Å². The van der Waals surface area contributed by atoms with Crippen LogP contribution in [0.3, 0.4) is 0 Å². The Hall–Kier alpha value is -2.81. The lowest BCUT2D eigenvalue weighted by molar-refractivity contribution is -0.119. The van der Waals surface area contributed by atoms with Gasteiger partial charge in [0.2, 0.25) is 11.1 Å². The summed E-state index contributed by atoms with van der Waals surface area (Å²) in [5.41, 5.74) is 0.975. The van der Waals surface area contributed by atoms with Crippen LogP contribution in [0.1, 0.15) is 42.0 Å². The van der Waals surface area contributed by atoms with Crippen LogP contribution in [0, 0.1) is 0 Å². The summed E-state index contributed by atoms with van der Waals surface area (Å²) in [4.78, 5) is 17.0. The van der Waals surface area contributed by atoms with E-state index in [1.54, 1.807) is 6.20 Å². The number of nitrogens with two attached hydrogens (primary N) is 1. The number of aryl methyl sites for hydroxylation is 1. The monoisotopic (exact) mass is 383 g/mol. The Balaban J connectivity index is 1.45. The molecule has 0 aliphatic heterocycles. The first-order valence-electron chi connectivity index (χ1n) is 8.78. The molecule has 0 saturated heterocycles. The fraction of sp³-hybridized carbons (Fsp3) is 0.333. The third kappa shape index (κ3) is 3.82. The van der Waals surface area contributed by atoms with Gasteiger partial charge < -0.3 is 15.7 Å². The Kier molecular flexibility index (Phi) is 4.85. The predicted octanol–water partition coefficient (Wildman–Crippen LogP) is 1.60. The maximum atomic E-state index is 12.6. The zero-order valence-electron chi connectivity index (χ0n) is 14.9. The van der Waals surface area contributed by atoms with E-state index in [9.17, 15) is 4.79 Å². The van der Waals surface area contributed by atoms with E-state index >= 15 is 0 Å². The highest BCUT2D eigenvalue weighted by Crippen LogP contribution is 2.39. The molecule has 1 saturated carbocycles. The van der Waals surface area contributed by atoms with Crippen LogP contribution < -0.4 is 11.2 Å². The number of hydrogen-bond acceptors (Lipinski definition) is 6. The molecule has 0 spiro atoms. The summed E-state index contributed by atoms with van der Waals surface area (Å²) in [5.74, 6) is 8.12. The average molecular weight is 383 g/mol. The smallest absolute Gasteiger partial charge is 0.231 e. The van der Waals surface area contributed by atoms with E-state index in [-0.39, 0.29) is 17.7 Å². The molecule has 1 aliphatic rings. The number of nitrogens with one attached hydrogen (secondary N) is 1. The minimum absolute atomic E-state index is 0.118. The molecule has 27 heavy (non-hydrogen) atoms. The summed E-state index contributed by atoms with van der Waals surface area (Å²) in [7, 11) is 1.91. The lowest BCUT2D eigenvalue weighted by atomic mass is 10.1. The topological polar surface area (TPSA) is 104 Å². The molecule has 2 heterocycles. The molecule has 0 radical (unpaired) electrons. The second kappa shape index (κ2) is 7.43. The van der Waals surface area contributed by atoms with E-state index in [2.05, 4.69) is 20.5 Å². The minimum atomic E-state index is -0.322. The molecule has 8 nitrogen and oxygen atoms in total. The predicted molar refractivity (Wildman–Crippen MR) is 103 cm³/mol. The van der Waals surface area contributed by atoms with Crippen molar-refractivity contribution in [3.8, 4) is 0 Å². The van der Waals surface area contributed by atoms with Gasteiger partial charge in [0.15, 0.2) is 5.82 Å². The van der Waals surface area contributed by atoms with Gasteiger partial charge >= 0.3 is 0 Å². The molecule has 1 fully saturated rings. The van der Waals surface area contributed by atoms with Crippen molar-refractivity contribution >= 4 is 17.7 Å². The molecule has 9 heteroatoms. The summed E-state index contributed by atoms with van der Waals surface area (Å²) in [5, 5.41) is 11.9. The first kappa shape index (κ1) is 17.6. The first-order chi connectivity index (χ1) is 13.1.